The maximum atomic E-state index is 5.88. The summed E-state index contributed by atoms with van der Waals surface area (Å²) in [6.07, 6.45) is 1.13. The van der Waals surface area contributed by atoms with Crippen LogP contribution in [0.1, 0.15) is 26.1 Å². The van der Waals surface area contributed by atoms with Crippen molar-refractivity contribution in [3.63, 3.8) is 0 Å². The van der Waals surface area contributed by atoms with E-state index in [2.05, 4.69) is 39.7 Å². The Bertz CT molecular complexity index is 326. The number of nitrogens with zero attached hydrogens (tertiary/aromatic N) is 2. The lowest BCUT2D eigenvalue weighted by atomic mass is 10.4. The van der Waals surface area contributed by atoms with Gasteiger partial charge in [0.25, 0.3) is 0 Å². The van der Waals surface area contributed by atoms with Crippen LogP contribution in [0.3, 0.4) is 0 Å². The van der Waals surface area contributed by atoms with Crippen molar-refractivity contribution in [2.45, 2.75) is 31.3 Å². The molecule has 15 heavy (non-hydrogen) atoms. The van der Waals surface area contributed by atoms with E-state index in [1.165, 1.54) is 0 Å². The second-order valence-electron chi connectivity index (χ2n) is 3.07. The van der Waals surface area contributed by atoms with Crippen LogP contribution < -0.4 is 0 Å². The van der Waals surface area contributed by atoms with Gasteiger partial charge in [0.15, 0.2) is 0 Å². The third-order valence-corrected chi connectivity index (χ3v) is 4.97. The Kier molecular flexibility index (Phi) is 5.68. The van der Waals surface area contributed by atoms with Gasteiger partial charge in [0, 0.05) is 5.25 Å². The molecule has 1 atom stereocenters. The second kappa shape index (κ2) is 6.28. The van der Waals surface area contributed by atoms with Gasteiger partial charge in [0.05, 0.1) is 10.2 Å². The molecule has 0 spiro atoms. The van der Waals surface area contributed by atoms with E-state index in [-0.39, 0.29) is 0 Å². The summed E-state index contributed by atoms with van der Waals surface area (Å²) in [5.74, 6) is 1.42. The zero-order chi connectivity index (χ0) is 11.4. The van der Waals surface area contributed by atoms with Crippen molar-refractivity contribution in [3.05, 3.63) is 20.6 Å². The molecule has 0 fully saturated rings. The Morgan fingerprint density at radius 2 is 1.87 bits per heavy atom. The Morgan fingerprint density at radius 3 is 2.33 bits per heavy atom. The highest BCUT2D eigenvalue weighted by Crippen LogP contribution is 2.28. The van der Waals surface area contributed by atoms with Gasteiger partial charge in [-0.15, -0.1) is 0 Å². The van der Waals surface area contributed by atoms with Crippen LogP contribution in [-0.2, 0) is 5.75 Å². The molecule has 1 heterocycles. The summed E-state index contributed by atoms with van der Waals surface area (Å²) in [5, 5.41) is 1.33. The molecule has 6 heteroatoms. The van der Waals surface area contributed by atoms with Crippen molar-refractivity contribution in [3.8, 4) is 0 Å². The highest BCUT2D eigenvalue weighted by molar-refractivity contribution is 9.10. The molecule has 0 bridgehead atoms. The highest BCUT2D eigenvalue weighted by atomic mass is 79.9. The molecule has 2 nitrogen and oxygen atoms in total. The molecule has 1 aromatic heterocycles. The maximum Gasteiger partial charge on any atom is 0.148 e. The van der Waals surface area contributed by atoms with Gasteiger partial charge in [-0.25, -0.2) is 9.97 Å². The molecule has 0 aliphatic rings. The van der Waals surface area contributed by atoms with E-state index in [4.69, 9.17) is 23.2 Å². The maximum absolute atomic E-state index is 5.88. The van der Waals surface area contributed by atoms with Crippen molar-refractivity contribution >= 4 is 50.9 Å². The molecule has 0 saturated heterocycles. The van der Waals surface area contributed by atoms with E-state index < -0.39 is 0 Å². The molecule has 1 aromatic rings. The topological polar surface area (TPSA) is 25.8 Å². The first-order valence-electron chi connectivity index (χ1n) is 4.53. The number of rotatable bonds is 4. The third-order valence-electron chi connectivity index (χ3n) is 1.89. The quantitative estimate of drug-likeness (QED) is 0.756. The first kappa shape index (κ1) is 13.6. The molecular weight excluding hydrogens is 319 g/mol. The molecule has 0 radical (unpaired) electrons. The van der Waals surface area contributed by atoms with Crippen molar-refractivity contribution in [2.24, 2.45) is 0 Å². The lowest BCUT2D eigenvalue weighted by molar-refractivity contribution is 0.900. The smallest absolute Gasteiger partial charge is 0.148 e. The first-order chi connectivity index (χ1) is 7.04. The van der Waals surface area contributed by atoms with Crippen molar-refractivity contribution in [1.29, 1.82) is 0 Å². The van der Waals surface area contributed by atoms with E-state index in [0.29, 0.717) is 25.9 Å². The lowest BCUT2D eigenvalue weighted by Crippen LogP contribution is -1.99. The van der Waals surface area contributed by atoms with E-state index in [0.717, 1.165) is 12.2 Å². The minimum atomic E-state index is 0.370. The Balaban J connectivity index is 2.70. The van der Waals surface area contributed by atoms with Gasteiger partial charge in [0.1, 0.15) is 16.1 Å². The number of thioether (sulfide) groups is 1. The Morgan fingerprint density at radius 1 is 1.33 bits per heavy atom. The standard InChI is InChI=1S/C9H11BrCl2N2S/c1-3-5(2)15-4-6-13-8(11)7(10)9(12)14-6/h5H,3-4H2,1-2H3. The summed E-state index contributed by atoms with van der Waals surface area (Å²) in [6.45, 7) is 4.33. The second-order valence-corrected chi connectivity index (χ2v) is 6.00. The number of hydrogen-bond donors (Lipinski definition) is 0. The van der Waals surface area contributed by atoms with Crippen LogP contribution in [0, 0.1) is 0 Å². The lowest BCUT2D eigenvalue weighted by Gasteiger charge is -2.07. The number of hydrogen-bond acceptors (Lipinski definition) is 3. The minimum Gasteiger partial charge on any atom is -0.219 e. The van der Waals surface area contributed by atoms with Crippen molar-refractivity contribution in [2.75, 3.05) is 0 Å². The van der Waals surface area contributed by atoms with Gasteiger partial charge in [-0.05, 0) is 22.4 Å². The molecular formula is C9H11BrCl2N2S. The third kappa shape index (κ3) is 4.10. The van der Waals surface area contributed by atoms with E-state index in [1.54, 1.807) is 11.8 Å². The monoisotopic (exact) mass is 328 g/mol. The van der Waals surface area contributed by atoms with Crippen molar-refractivity contribution in [1.82, 2.24) is 9.97 Å². The van der Waals surface area contributed by atoms with Crippen LogP contribution in [-0.4, -0.2) is 15.2 Å². The fourth-order valence-corrected chi connectivity index (χ4v) is 2.23. The van der Waals surface area contributed by atoms with E-state index in [1.807, 2.05) is 0 Å². The largest absolute Gasteiger partial charge is 0.219 e. The molecule has 0 aliphatic carbocycles. The van der Waals surface area contributed by atoms with Crippen LogP contribution in [0.2, 0.25) is 10.3 Å². The van der Waals surface area contributed by atoms with Crippen LogP contribution in [0.25, 0.3) is 0 Å². The van der Waals surface area contributed by atoms with Crippen LogP contribution in [0.15, 0.2) is 4.47 Å². The van der Waals surface area contributed by atoms with Gasteiger partial charge in [-0.3, -0.25) is 0 Å². The zero-order valence-electron chi connectivity index (χ0n) is 8.43. The van der Waals surface area contributed by atoms with Crippen LogP contribution in [0.5, 0.6) is 0 Å². The SMILES string of the molecule is CCC(C)SCc1nc(Cl)c(Br)c(Cl)n1. The molecule has 0 amide bonds. The van der Waals surface area contributed by atoms with Gasteiger partial charge < -0.3 is 0 Å². The molecule has 84 valence electrons. The zero-order valence-corrected chi connectivity index (χ0v) is 12.3. The predicted molar refractivity (Wildman–Crippen MR) is 70.8 cm³/mol. The summed E-state index contributed by atoms with van der Waals surface area (Å²) >= 11 is 16.8. The molecule has 0 aliphatic heterocycles. The summed E-state index contributed by atoms with van der Waals surface area (Å²) in [4.78, 5) is 8.28. The van der Waals surface area contributed by atoms with E-state index in [9.17, 15) is 0 Å². The van der Waals surface area contributed by atoms with Gasteiger partial charge in [0.2, 0.25) is 0 Å². The average Bonchev–Trinajstić information content (AvgIpc) is 2.22. The molecule has 1 rings (SSSR count). The van der Waals surface area contributed by atoms with Gasteiger partial charge in [-0.1, -0.05) is 37.0 Å². The van der Waals surface area contributed by atoms with E-state index >= 15 is 0 Å². The fraction of sp³-hybridized carbons (Fsp3) is 0.556. The first-order valence-corrected chi connectivity index (χ1v) is 7.13. The highest BCUT2D eigenvalue weighted by Gasteiger charge is 2.09. The van der Waals surface area contributed by atoms with Crippen molar-refractivity contribution < 1.29 is 0 Å². The molecule has 0 N–H and O–H groups in total. The summed E-state index contributed by atoms with van der Waals surface area (Å²) in [5.41, 5.74) is 0. The molecule has 0 saturated carbocycles. The minimum absolute atomic E-state index is 0.370. The molecule has 1 unspecified atom stereocenters. The summed E-state index contributed by atoms with van der Waals surface area (Å²) in [7, 11) is 0. The summed E-state index contributed by atoms with van der Waals surface area (Å²) in [6, 6.07) is 0. The van der Waals surface area contributed by atoms with Crippen LogP contribution in [0.4, 0.5) is 0 Å². The molecule has 0 aromatic carbocycles. The number of aromatic nitrogens is 2. The Hall–Kier alpha value is 0.490. The predicted octanol–water partition coefficient (Wildman–Crippen LogP) is 4.58. The normalized spacial score (nSPS) is 12.9. The fourth-order valence-electron chi connectivity index (χ4n) is 0.834. The van der Waals surface area contributed by atoms with Gasteiger partial charge >= 0.3 is 0 Å². The van der Waals surface area contributed by atoms with Crippen LogP contribution >= 0.6 is 50.9 Å². The average molecular weight is 330 g/mol. The van der Waals surface area contributed by atoms with Gasteiger partial charge in [-0.2, -0.15) is 11.8 Å². The number of halogens is 3. The Labute approximate surface area is 112 Å². The summed E-state index contributed by atoms with van der Waals surface area (Å²) < 4.78 is 0.558.